The third-order valence-electron chi connectivity index (χ3n) is 3.72. The van der Waals surface area contributed by atoms with E-state index in [1.165, 1.54) is 12.8 Å². The predicted molar refractivity (Wildman–Crippen MR) is 61.4 cm³/mol. The van der Waals surface area contributed by atoms with Gasteiger partial charge in [0.15, 0.2) is 0 Å². The molecule has 0 amide bonds. The molecule has 0 N–H and O–H groups in total. The third-order valence-corrected chi connectivity index (χ3v) is 3.72. The van der Waals surface area contributed by atoms with Gasteiger partial charge in [-0.1, -0.05) is 6.92 Å². The van der Waals surface area contributed by atoms with Gasteiger partial charge in [-0.25, -0.2) is 0 Å². The minimum atomic E-state index is 0.000249. The number of ether oxygens (including phenoxy) is 1. The summed E-state index contributed by atoms with van der Waals surface area (Å²) in [5, 5.41) is 9.30. The van der Waals surface area contributed by atoms with Crippen molar-refractivity contribution in [2.24, 2.45) is 11.3 Å². The van der Waals surface area contributed by atoms with E-state index in [0.29, 0.717) is 0 Å². The predicted octanol–water partition coefficient (Wildman–Crippen LogP) is 3.52. The topological polar surface area (TPSA) is 33.0 Å². The largest absolute Gasteiger partial charge is 0.385 e. The minimum absolute atomic E-state index is 0.000249. The zero-order valence-corrected chi connectivity index (χ0v) is 10.1. The molecule has 0 saturated heterocycles. The first kappa shape index (κ1) is 12.5. The van der Waals surface area contributed by atoms with E-state index < -0.39 is 0 Å². The molecule has 0 bridgehead atoms. The minimum Gasteiger partial charge on any atom is -0.385 e. The Bertz CT molecular complexity index is 211. The maximum absolute atomic E-state index is 9.30. The number of hydrogen-bond donors (Lipinski definition) is 0. The van der Waals surface area contributed by atoms with Crippen LogP contribution in [0.3, 0.4) is 0 Å². The maximum Gasteiger partial charge on any atom is 0.0689 e. The smallest absolute Gasteiger partial charge is 0.0689 e. The van der Waals surface area contributed by atoms with Crippen LogP contribution in [-0.4, -0.2) is 13.7 Å². The van der Waals surface area contributed by atoms with Gasteiger partial charge in [-0.3, -0.25) is 0 Å². The van der Waals surface area contributed by atoms with Gasteiger partial charge in [0, 0.05) is 13.7 Å². The molecule has 1 fully saturated rings. The van der Waals surface area contributed by atoms with Crippen molar-refractivity contribution < 1.29 is 4.74 Å². The Hall–Kier alpha value is -0.550. The van der Waals surface area contributed by atoms with Crippen molar-refractivity contribution in [3.05, 3.63) is 0 Å². The Balaban J connectivity index is 2.31. The van der Waals surface area contributed by atoms with Crippen molar-refractivity contribution in [1.82, 2.24) is 0 Å². The second kappa shape index (κ2) is 6.12. The molecular weight excluding hydrogens is 186 g/mol. The van der Waals surface area contributed by atoms with Crippen LogP contribution >= 0.6 is 0 Å². The van der Waals surface area contributed by atoms with E-state index >= 15 is 0 Å². The first-order chi connectivity index (χ1) is 7.22. The van der Waals surface area contributed by atoms with E-state index in [-0.39, 0.29) is 5.41 Å². The number of methoxy groups -OCH3 is 1. The van der Waals surface area contributed by atoms with Crippen LogP contribution in [0.15, 0.2) is 0 Å². The fourth-order valence-electron chi connectivity index (χ4n) is 2.44. The van der Waals surface area contributed by atoms with E-state index in [9.17, 15) is 5.26 Å². The second-order valence-corrected chi connectivity index (χ2v) is 5.02. The summed E-state index contributed by atoms with van der Waals surface area (Å²) >= 11 is 0. The Kier molecular flexibility index (Phi) is 5.11. The van der Waals surface area contributed by atoms with Gasteiger partial charge < -0.3 is 4.74 Å². The fourth-order valence-corrected chi connectivity index (χ4v) is 2.44. The molecular formula is C13H23NO. The van der Waals surface area contributed by atoms with Gasteiger partial charge in [-0.15, -0.1) is 0 Å². The molecule has 0 aromatic rings. The molecule has 15 heavy (non-hydrogen) atoms. The molecule has 0 spiro atoms. The van der Waals surface area contributed by atoms with Crippen LogP contribution in [0.25, 0.3) is 0 Å². The zero-order chi connectivity index (χ0) is 11.1. The van der Waals surface area contributed by atoms with Crippen LogP contribution in [0, 0.1) is 22.7 Å². The molecule has 0 aromatic carbocycles. The second-order valence-electron chi connectivity index (χ2n) is 5.02. The molecule has 86 valence electrons. The number of nitrogens with zero attached hydrogens (tertiary/aromatic N) is 1. The summed E-state index contributed by atoms with van der Waals surface area (Å²) in [6.45, 7) is 3.13. The van der Waals surface area contributed by atoms with Crippen molar-refractivity contribution in [2.75, 3.05) is 13.7 Å². The summed E-state index contributed by atoms with van der Waals surface area (Å²) in [7, 11) is 1.74. The molecule has 0 unspecified atom stereocenters. The number of unbranched alkanes of at least 4 members (excludes halogenated alkanes) is 1. The van der Waals surface area contributed by atoms with Gasteiger partial charge in [0.1, 0.15) is 0 Å². The molecule has 0 atom stereocenters. The van der Waals surface area contributed by atoms with E-state index in [1.807, 2.05) is 0 Å². The molecule has 2 heteroatoms. The number of hydrogen-bond acceptors (Lipinski definition) is 2. The van der Waals surface area contributed by atoms with Crippen LogP contribution in [0.5, 0.6) is 0 Å². The lowest BCUT2D eigenvalue weighted by molar-refractivity contribution is 0.171. The van der Waals surface area contributed by atoms with Crippen LogP contribution in [0.4, 0.5) is 0 Å². The monoisotopic (exact) mass is 209 g/mol. The summed E-state index contributed by atoms with van der Waals surface area (Å²) in [5.74, 6) is 0.824. The maximum atomic E-state index is 9.30. The number of rotatable bonds is 5. The SMILES string of the molecule is COCCCCC1(C#N)CCC(C)CC1. The van der Waals surface area contributed by atoms with Gasteiger partial charge >= 0.3 is 0 Å². The van der Waals surface area contributed by atoms with Crippen molar-refractivity contribution in [1.29, 1.82) is 5.26 Å². The normalized spacial score (nSPS) is 31.1. The molecule has 0 heterocycles. The Morgan fingerprint density at radius 2 is 2.00 bits per heavy atom. The lowest BCUT2D eigenvalue weighted by Crippen LogP contribution is -2.25. The van der Waals surface area contributed by atoms with Gasteiger partial charge in [0.25, 0.3) is 0 Å². The quantitative estimate of drug-likeness (QED) is 0.649. The van der Waals surface area contributed by atoms with E-state index in [2.05, 4.69) is 13.0 Å². The first-order valence-electron chi connectivity index (χ1n) is 6.13. The van der Waals surface area contributed by atoms with Crippen molar-refractivity contribution in [3.8, 4) is 6.07 Å². The summed E-state index contributed by atoms with van der Waals surface area (Å²) < 4.78 is 5.03. The molecule has 1 saturated carbocycles. The summed E-state index contributed by atoms with van der Waals surface area (Å²) in [4.78, 5) is 0. The Morgan fingerprint density at radius 3 is 2.53 bits per heavy atom. The highest BCUT2D eigenvalue weighted by Gasteiger charge is 2.33. The van der Waals surface area contributed by atoms with Crippen molar-refractivity contribution in [3.63, 3.8) is 0 Å². The van der Waals surface area contributed by atoms with Crippen molar-refractivity contribution >= 4 is 0 Å². The standard InChI is InChI=1S/C13H23NO/c1-12-5-8-13(11-14,9-6-12)7-3-4-10-15-2/h12H,3-10H2,1-2H3. The number of nitriles is 1. The van der Waals surface area contributed by atoms with Gasteiger partial charge in [-0.2, -0.15) is 5.26 Å². The van der Waals surface area contributed by atoms with Crippen LogP contribution in [0.2, 0.25) is 0 Å². The van der Waals surface area contributed by atoms with E-state index in [1.54, 1.807) is 7.11 Å². The highest BCUT2D eigenvalue weighted by atomic mass is 16.5. The molecule has 2 nitrogen and oxygen atoms in total. The van der Waals surface area contributed by atoms with Crippen LogP contribution in [0.1, 0.15) is 51.9 Å². The molecule has 0 radical (unpaired) electrons. The Morgan fingerprint density at radius 1 is 1.33 bits per heavy atom. The molecule has 1 rings (SSSR count). The Labute approximate surface area is 93.6 Å². The van der Waals surface area contributed by atoms with E-state index in [4.69, 9.17) is 4.74 Å². The van der Waals surface area contributed by atoms with Crippen molar-refractivity contribution in [2.45, 2.75) is 51.9 Å². The van der Waals surface area contributed by atoms with E-state index in [0.717, 1.165) is 44.6 Å². The molecule has 1 aliphatic rings. The third kappa shape index (κ3) is 3.83. The lowest BCUT2D eigenvalue weighted by Gasteiger charge is -2.33. The molecule has 1 aliphatic carbocycles. The molecule has 0 aromatic heterocycles. The highest BCUT2D eigenvalue weighted by Crippen LogP contribution is 2.41. The first-order valence-corrected chi connectivity index (χ1v) is 6.13. The highest BCUT2D eigenvalue weighted by molar-refractivity contribution is 5.01. The summed E-state index contributed by atoms with van der Waals surface area (Å²) in [6, 6.07) is 2.57. The van der Waals surface area contributed by atoms with Gasteiger partial charge in [0.2, 0.25) is 0 Å². The van der Waals surface area contributed by atoms with Gasteiger partial charge in [-0.05, 0) is 50.9 Å². The van der Waals surface area contributed by atoms with Crippen LogP contribution < -0.4 is 0 Å². The zero-order valence-electron chi connectivity index (χ0n) is 10.1. The average molecular weight is 209 g/mol. The fraction of sp³-hybridized carbons (Fsp3) is 0.923. The average Bonchev–Trinajstić information content (AvgIpc) is 2.28. The summed E-state index contributed by atoms with van der Waals surface area (Å²) in [6.07, 6.45) is 7.98. The molecule has 0 aliphatic heterocycles. The van der Waals surface area contributed by atoms with Crippen LogP contribution in [-0.2, 0) is 4.74 Å². The summed E-state index contributed by atoms with van der Waals surface area (Å²) in [5.41, 5.74) is 0.000249. The lowest BCUT2D eigenvalue weighted by atomic mass is 9.69. The van der Waals surface area contributed by atoms with Gasteiger partial charge in [0.05, 0.1) is 11.5 Å².